The smallest absolute Gasteiger partial charge is 0.167 e. The molecule has 7 nitrogen and oxygen atoms in total. The molecule has 2 aromatic carbocycles. The number of nitrogens with one attached hydrogen (secondary N) is 2. The third kappa shape index (κ3) is 4.75. The Hall–Kier alpha value is -3.24. The summed E-state index contributed by atoms with van der Waals surface area (Å²) in [5.41, 5.74) is 4.04. The molecule has 2 aliphatic heterocycles. The number of hydrogen-bond donors (Lipinski definition) is 4. The van der Waals surface area contributed by atoms with Gasteiger partial charge in [0.05, 0.1) is 30.4 Å². The van der Waals surface area contributed by atoms with Crippen LogP contribution in [0.5, 0.6) is 0 Å². The van der Waals surface area contributed by atoms with Crippen molar-refractivity contribution < 1.29 is 19.0 Å². The zero-order valence-corrected chi connectivity index (χ0v) is 19.8. The number of halogens is 2. The summed E-state index contributed by atoms with van der Waals surface area (Å²) in [6.07, 6.45) is 5.69. The van der Waals surface area contributed by atoms with E-state index in [1.54, 1.807) is 12.1 Å². The van der Waals surface area contributed by atoms with Crippen LogP contribution in [0.1, 0.15) is 30.0 Å². The minimum Gasteiger partial charge on any atom is -0.394 e. The molecule has 36 heavy (non-hydrogen) atoms. The van der Waals surface area contributed by atoms with E-state index in [4.69, 9.17) is 0 Å². The van der Waals surface area contributed by atoms with Crippen LogP contribution in [-0.2, 0) is 0 Å². The van der Waals surface area contributed by atoms with E-state index in [0.717, 1.165) is 61.3 Å². The molecule has 0 saturated heterocycles. The molecule has 0 amide bonds. The molecular weight excluding hydrogens is 464 g/mol. The van der Waals surface area contributed by atoms with E-state index < -0.39 is 30.9 Å². The van der Waals surface area contributed by atoms with Crippen LogP contribution in [-0.4, -0.2) is 64.4 Å². The van der Waals surface area contributed by atoms with Gasteiger partial charge in [-0.2, -0.15) is 0 Å². The number of benzene rings is 2. The molecule has 9 heteroatoms. The van der Waals surface area contributed by atoms with Crippen molar-refractivity contribution in [2.45, 2.75) is 18.9 Å². The Kier molecular flexibility index (Phi) is 7.33. The van der Waals surface area contributed by atoms with Crippen molar-refractivity contribution in [1.29, 1.82) is 0 Å². The van der Waals surface area contributed by atoms with Gasteiger partial charge < -0.3 is 20.8 Å². The Morgan fingerprint density at radius 2 is 1.25 bits per heavy atom. The van der Waals surface area contributed by atoms with Crippen molar-refractivity contribution in [3.05, 3.63) is 71.3 Å². The predicted molar refractivity (Wildman–Crippen MR) is 135 cm³/mol. The molecule has 0 unspecified atom stereocenters. The first-order valence-corrected chi connectivity index (χ1v) is 12.2. The average Bonchev–Trinajstić information content (AvgIpc) is 3.34. The van der Waals surface area contributed by atoms with Crippen LogP contribution in [0.2, 0.25) is 0 Å². The number of aliphatic hydroxyl groups excluding tert-OH is 2. The molecular formula is C27H29F2N5O2. The van der Waals surface area contributed by atoms with E-state index in [9.17, 15) is 10.2 Å². The van der Waals surface area contributed by atoms with Crippen molar-refractivity contribution in [2.75, 3.05) is 39.4 Å². The summed E-state index contributed by atoms with van der Waals surface area (Å²) >= 11 is 0. The summed E-state index contributed by atoms with van der Waals surface area (Å²) in [6.45, 7) is 2.24. The highest BCUT2D eigenvalue weighted by atomic mass is 19.1. The Bertz CT molecular complexity index is 1220. The standard InChI is InChI=1S/C27H29F2N5O2/c28-24-13-19(17-5-9-30-10-6-17)1-3-22(24)26-32-33-27(34(26)21(15-35)16-36)23-4-2-20(14-25(23)29)18-7-11-31-12-8-18/h1-5,7,13-14,21,30-31,35-36H,6,8-12,15-16H2. The molecule has 0 fully saturated rings. The van der Waals surface area contributed by atoms with Crippen molar-refractivity contribution in [2.24, 2.45) is 0 Å². The maximum Gasteiger partial charge on any atom is 0.167 e. The monoisotopic (exact) mass is 493 g/mol. The third-order valence-corrected chi connectivity index (χ3v) is 6.77. The van der Waals surface area contributed by atoms with Crippen LogP contribution < -0.4 is 10.6 Å². The number of aliphatic hydroxyl groups is 2. The summed E-state index contributed by atoms with van der Waals surface area (Å²) in [6, 6.07) is 8.93. The molecule has 4 N–H and O–H groups in total. The number of rotatable bonds is 7. The van der Waals surface area contributed by atoms with Crippen LogP contribution in [0, 0.1) is 11.6 Å². The van der Waals surface area contributed by atoms with Crippen LogP contribution in [0.4, 0.5) is 8.78 Å². The van der Waals surface area contributed by atoms with Gasteiger partial charge in [-0.25, -0.2) is 8.78 Å². The van der Waals surface area contributed by atoms with E-state index >= 15 is 8.78 Å². The SMILES string of the molecule is OCC(CO)n1c(-c2ccc(C3=CCNCC3)cc2F)nnc1-c1ccc(C2=CCNCC2)cc1F. The molecule has 3 aromatic rings. The Labute approximate surface area is 208 Å². The van der Waals surface area contributed by atoms with Crippen LogP contribution in [0.25, 0.3) is 33.9 Å². The molecule has 3 heterocycles. The molecule has 0 aliphatic carbocycles. The van der Waals surface area contributed by atoms with Gasteiger partial charge in [-0.3, -0.25) is 4.57 Å². The van der Waals surface area contributed by atoms with Crippen molar-refractivity contribution in [3.8, 4) is 22.8 Å². The fourth-order valence-corrected chi connectivity index (χ4v) is 4.79. The maximum absolute atomic E-state index is 15.4. The highest BCUT2D eigenvalue weighted by molar-refractivity contribution is 5.72. The third-order valence-electron chi connectivity index (χ3n) is 6.77. The molecule has 1 aromatic heterocycles. The fourth-order valence-electron chi connectivity index (χ4n) is 4.79. The van der Waals surface area contributed by atoms with Gasteiger partial charge in [0.25, 0.3) is 0 Å². The second-order valence-electron chi connectivity index (χ2n) is 8.99. The van der Waals surface area contributed by atoms with Gasteiger partial charge in [0.1, 0.15) is 11.6 Å². The van der Waals surface area contributed by atoms with E-state index in [1.807, 2.05) is 24.3 Å². The van der Waals surface area contributed by atoms with E-state index in [1.165, 1.54) is 16.7 Å². The first-order chi connectivity index (χ1) is 17.6. The summed E-state index contributed by atoms with van der Waals surface area (Å²) < 4.78 is 32.1. The maximum atomic E-state index is 15.4. The number of hydrogen-bond acceptors (Lipinski definition) is 6. The quantitative estimate of drug-likeness (QED) is 0.404. The highest BCUT2D eigenvalue weighted by Gasteiger charge is 2.26. The molecule has 2 aliphatic rings. The molecule has 188 valence electrons. The lowest BCUT2D eigenvalue weighted by Crippen LogP contribution is -2.20. The Morgan fingerprint density at radius 3 is 1.61 bits per heavy atom. The van der Waals surface area contributed by atoms with Gasteiger partial charge in [-0.15, -0.1) is 10.2 Å². The largest absolute Gasteiger partial charge is 0.394 e. The average molecular weight is 494 g/mol. The van der Waals surface area contributed by atoms with E-state index in [-0.39, 0.29) is 22.8 Å². The minimum atomic E-state index is -0.873. The summed E-state index contributed by atoms with van der Waals surface area (Å²) in [5, 5.41) is 34.7. The molecule has 0 bridgehead atoms. The van der Waals surface area contributed by atoms with Gasteiger partial charge in [0.15, 0.2) is 11.6 Å². The van der Waals surface area contributed by atoms with Gasteiger partial charge in [-0.05, 0) is 72.5 Å². The summed E-state index contributed by atoms with van der Waals surface area (Å²) in [5.74, 6) is -0.775. The van der Waals surface area contributed by atoms with Crippen LogP contribution >= 0.6 is 0 Å². The summed E-state index contributed by atoms with van der Waals surface area (Å²) in [4.78, 5) is 0. The number of aromatic nitrogens is 3. The van der Waals surface area contributed by atoms with E-state index in [0.29, 0.717) is 0 Å². The predicted octanol–water partition coefficient (Wildman–Crippen LogP) is 3.17. The second kappa shape index (κ2) is 10.8. The zero-order valence-electron chi connectivity index (χ0n) is 19.8. The summed E-state index contributed by atoms with van der Waals surface area (Å²) in [7, 11) is 0. The first kappa shape index (κ1) is 24.5. The van der Waals surface area contributed by atoms with E-state index in [2.05, 4.69) is 20.8 Å². The lowest BCUT2D eigenvalue weighted by Gasteiger charge is -2.20. The van der Waals surface area contributed by atoms with Crippen molar-refractivity contribution in [1.82, 2.24) is 25.4 Å². The van der Waals surface area contributed by atoms with Gasteiger partial charge >= 0.3 is 0 Å². The topological polar surface area (TPSA) is 95.2 Å². The molecule has 0 spiro atoms. The lowest BCUT2D eigenvalue weighted by atomic mass is 9.98. The fraction of sp³-hybridized carbons (Fsp3) is 0.333. The molecule has 0 radical (unpaired) electrons. The van der Waals surface area contributed by atoms with Gasteiger partial charge in [-0.1, -0.05) is 24.3 Å². The lowest BCUT2D eigenvalue weighted by molar-refractivity contribution is 0.156. The molecule has 5 rings (SSSR count). The highest BCUT2D eigenvalue weighted by Crippen LogP contribution is 2.34. The Balaban J connectivity index is 1.56. The zero-order chi connectivity index (χ0) is 25.1. The van der Waals surface area contributed by atoms with Crippen molar-refractivity contribution in [3.63, 3.8) is 0 Å². The van der Waals surface area contributed by atoms with Crippen molar-refractivity contribution >= 4 is 11.1 Å². The second-order valence-corrected chi connectivity index (χ2v) is 8.99. The first-order valence-electron chi connectivity index (χ1n) is 12.2. The Morgan fingerprint density at radius 1 is 0.778 bits per heavy atom. The number of nitrogens with zero attached hydrogens (tertiary/aromatic N) is 3. The van der Waals surface area contributed by atoms with Gasteiger partial charge in [0.2, 0.25) is 0 Å². The van der Waals surface area contributed by atoms with Gasteiger partial charge in [0, 0.05) is 13.1 Å². The normalized spacial score (nSPS) is 16.2. The minimum absolute atomic E-state index is 0.117. The van der Waals surface area contributed by atoms with Crippen LogP contribution in [0.15, 0.2) is 48.6 Å². The molecule has 0 atom stereocenters. The molecule has 0 saturated carbocycles. The van der Waals surface area contributed by atoms with Crippen LogP contribution in [0.3, 0.4) is 0 Å².